The Morgan fingerprint density at radius 1 is 1.28 bits per heavy atom. The number of quaternary nitrogens is 1. The highest BCUT2D eigenvalue weighted by molar-refractivity contribution is 6.35. The lowest BCUT2D eigenvalue weighted by atomic mass is 10.1. The molecule has 0 saturated carbocycles. The molecule has 0 spiro atoms. The Morgan fingerprint density at radius 2 is 1.89 bits per heavy atom. The summed E-state index contributed by atoms with van der Waals surface area (Å²) in [5.74, 6) is -0.0307. The maximum Gasteiger partial charge on any atom is 0.205 e. The molecule has 1 N–H and O–H groups in total. The number of likely N-dealkylation sites (N-methyl/N-ethyl adjacent to an activating group) is 1. The van der Waals surface area contributed by atoms with Crippen LogP contribution in [0.5, 0.6) is 0 Å². The minimum atomic E-state index is -0.0307. The Bertz CT molecular complexity index is 400. The second-order valence-electron chi connectivity index (χ2n) is 4.39. The van der Waals surface area contributed by atoms with E-state index in [2.05, 4.69) is 12.1 Å². The van der Waals surface area contributed by atoms with Crippen LogP contribution in [-0.4, -0.2) is 50.2 Å². The Hall–Kier alpha value is -1.39. The van der Waals surface area contributed by atoms with E-state index < -0.39 is 0 Å². The summed E-state index contributed by atoms with van der Waals surface area (Å²) < 4.78 is 0. The highest BCUT2D eigenvalue weighted by Gasteiger charge is 2.14. The Labute approximate surface area is 114 Å². The number of nitrogens with zero attached hydrogens (tertiary/aromatic N) is 2. The third kappa shape index (κ3) is 4.13. The molecule has 1 heterocycles. The second-order valence-corrected chi connectivity index (χ2v) is 4.39. The molecule has 1 fully saturated rings. The summed E-state index contributed by atoms with van der Waals surface area (Å²) in [7, 11) is 2.18. The standard InChI is InChI=1S/C13H17N3O.ClH/c1-15-7-9-16(10-8-15)14-11-13(17)12-5-3-2-4-6-12;/h2-6,11H,7-10H2,1H3;1H/b14-11+;. The number of nitrogens with one attached hydrogen (secondary N) is 1. The number of carbonyl (C=O) groups excluding carboxylic acids is 1. The number of rotatable bonds is 3. The maximum atomic E-state index is 11.8. The van der Waals surface area contributed by atoms with E-state index in [-0.39, 0.29) is 18.2 Å². The summed E-state index contributed by atoms with van der Waals surface area (Å²) in [6.07, 6.45) is 1.43. The molecular formula is C13H18ClN3O. The van der Waals surface area contributed by atoms with Crippen LogP contribution in [0.1, 0.15) is 10.4 Å². The van der Waals surface area contributed by atoms with Crippen LogP contribution in [0.2, 0.25) is 0 Å². The van der Waals surface area contributed by atoms with Gasteiger partial charge in [0.25, 0.3) is 0 Å². The van der Waals surface area contributed by atoms with Crippen LogP contribution in [0, 0.1) is 0 Å². The molecule has 1 aromatic carbocycles. The van der Waals surface area contributed by atoms with Crippen molar-refractivity contribution in [3.8, 4) is 0 Å². The van der Waals surface area contributed by atoms with Gasteiger partial charge in [-0.05, 0) is 0 Å². The zero-order chi connectivity index (χ0) is 12.1. The van der Waals surface area contributed by atoms with Crippen molar-refractivity contribution in [3.63, 3.8) is 0 Å². The van der Waals surface area contributed by atoms with Gasteiger partial charge in [0.1, 0.15) is 0 Å². The molecule has 18 heavy (non-hydrogen) atoms. The van der Waals surface area contributed by atoms with E-state index in [9.17, 15) is 4.79 Å². The van der Waals surface area contributed by atoms with Gasteiger partial charge in [0.05, 0.1) is 39.4 Å². The number of hydrogen-bond donors (Lipinski definition) is 1. The predicted molar refractivity (Wildman–Crippen MR) is 67.5 cm³/mol. The first-order valence-corrected chi connectivity index (χ1v) is 5.95. The van der Waals surface area contributed by atoms with E-state index in [4.69, 9.17) is 0 Å². The number of carbonyl (C=O) groups is 1. The maximum absolute atomic E-state index is 11.8. The molecule has 0 radical (unpaired) electrons. The number of piperazine rings is 1. The van der Waals surface area contributed by atoms with Crippen LogP contribution in [0.4, 0.5) is 0 Å². The normalized spacial score (nSPS) is 16.6. The number of benzene rings is 1. The molecule has 0 aliphatic carbocycles. The van der Waals surface area contributed by atoms with E-state index >= 15 is 0 Å². The van der Waals surface area contributed by atoms with Crippen LogP contribution in [0.3, 0.4) is 0 Å². The molecule has 0 atom stereocenters. The average molecular weight is 268 g/mol. The van der Waals surface area contributed by atoms with E-state index in [0.717, 1.165) is 26.2 Å². The lowest BCUT2D eigenvalue weighted by Gasteiger charge is -2.27. The number of hydrogen-bond acceptors (Lipinski definition) is 3. The van der Waals surface area contributed by atoms with Crippen molar-refractivity contribution in [2.45, 2.75) is 0 Å². The Kier molecular flexibility index (Phi) is 5.82. The number of Topliss-reactive ketones (excluding diaryl/α,β-unsaturated/α-hetero) is 1. The van der Waals surface area contributed by atoms with Gasteiger partial charge in [-0.3, -0.25) is 9.80 Å². The van der Waals surface area contributed by atoms with Crippen molar-refractivity contribution in [3.05, 3.63) is 35.9 Å². The minimum Gasteiger partial charge on any atom is -1.00 e. The van der Waals surface area contributed by atoms with E-state index in [1.165, 1.54) is 11.1 Å². The monoisotopic (exact) mass is 267 g/mol. The minimum absolute atomic E-state index is 0. The first-order chi connectivity index (χ1) is 8.25. The predicted octanol–water partition coefficient (Wildman–Crippen LogP) is -3.31. The fourth-order valence-corrected chi connectivity index (χ4v) is 1.80. The molecular weight excluding hydrogens is 250 g/mol. The van der Waals surface area contributed by atoms with Crippen molar-refractivity contribution in [2.24, 2.45) is 5.10 Å². The van der Waals surface area contributed by atoms with Gasteiger partial charge in [0.15, 0.2) is 0 Å². The lowest BCUT2D eigenvalue weighted by molar-refractivity contribution is -0.884. The van der Waals surface area contributed by atoms with Crippen molar-refractivity contribution in [2.75, 3.05) is 33.2 Å². The largest absolute Gasteiger partial charge is 1.00 e. The van der Waals surface area contributed by atoms with Gasteiger partial charge in [-0.1, -0.05) is 30.3 Å². The van der Waals surface area contributed by atoms with Gasteiger partial charge in [-0.25, -0.2) is 0 Å². The Morgan fingerprint density at radius 3 is 2.50 bits per heavy atom. The molecule has 0 amide bonds. The SMILES string of the molecule is C[NH+]1CCN(/N=C/C(=O)c2ccccc2)CC1.[Cl-]. The molecule has 4 nitrogen and oxygen atoms in total. The fraction of sp³-hybridized carbons (Fsp3) is 0.385. The highest BCUT2D eigenvalue weighted by atomic mass is 35.5. The van der Waals surface area contributed by atoms with Crippen molar-refractivity contribution >= 4 is 12.0 Å². The van der Waals surface area contributed by atoms with Crippen LogP contribution in [0.25, 0.3) is 0 Å². The lowest BCUT2D eigenvalue weighted by Crippen LogP contribution is -3.11. The van der Waals surface area contributed by atoms with Gasteiger partial charge >= 0.3 is 0 Å². The van der Waals surface area contributed by atoms with E-state index in [0.29, 0.717) is 5.56 Å². The first-order valence-electron chi connectivity index (χ1n) is 5.95. The third-order valence-electron chi connectivity index (χ3n) is 2.99. The average Bonchev–Trinajstić information content (AvgIpc) is 2.39. The summed E-state index contributed by atoms with van der Waals surface area (Å²) >= 11 is 0. The molecule has 1 saturated heterocycles. The van der Waals surface area contributed by atoms with E-state index in [1.54, 1.807) is 0 Å². The van der Waals surface area contributed by atoms with Crippen LogP contribution >= 0.6 is 0 Å². The van der Waals surface area contributed by atoms with Crippen LogP contribution in [-0.2, 0) is 0 Å². The number of halogens is 1. The highest BCUT2D eigenvalue weighted by Crippen LogP contribution is 1.98. The summed E-state index contributed by atoms with van der Waals surface area (Å²) in [6, 6.07) is 9.24. The summed E-state index contributed by atoms with van der Waals surface area (Å²) in [4.78, 5) is 13.3. The quantitative estimate of drug-likeness (QED) is 0.460. The van der Waals surface area contributed by atoms with Gasteiger partial charge in [0.2, 0.25) is 5.78 Å². The summed E-state index contributed by atoms with van der Waals surface area (Å²) in [6.45, 7) is 4.00. The molecule has 5 heteroatoms. The van der Waals surface area contributed by atoms with Gasteiger partial charge in [-0.15, -0.1) is 0 Å². The Balaban J connectivity index is 0.00000162. The van der Waals surface area contributed by atoms with Gasteiger partial charge < -0.3 is 17.3 Å². The third-order valence-corrected chi connectivity index (χ3v) is 2.99. The molecule has 0 aromatic heterocycles. The summed E-state index contributed by atoms with van der Waals surface area (Å²) in [5.41, 5.74) is 0.691. The molecule has 0 unspecified atom stereocenters. The number of ketones is 1. The smallest absolute Gasteiger partial charge is 0.205 e. The molecule has 1 aliphatic rings. The molecule has 98 valence electrons. The van der Waals surface area contributed by atoms with Crippen molar-refractivity contribution < 1.29 is 22.1 Å². The van der Waals surface area contributed by atoms with Crippen LogP contribution in [0.15, 0.2) is 35.4 Å². The van der Waals surface area contributed by atoms with Gasteiger partial charge in [-0.2, -0.15) is 5.10 Å². The fourth-order valence-electron chi connectivity index (χ4n) is 1.80. The zero-order valence-electron chi connectivity index (χ0n) is 10.5. The summed E-state index contributed by atoms with van der Waals surface area (Å²) in [5, 5.41) is 6.21. The second kappa shape index (κ2) is 7.13. The van der Waals surface area contributed by atoms with Gasteiger partial charge in [0, 0.05) is 5.56 Å². The molecule has 1 aromatic rings. The van der Waals surface area contributed by atoms with E-state index in [1.807, 2.05) is 35.3 Å². The number of hydrazone groups is 1. The zero-order valence-corrected chi connectivity index (χ0v) is 11.2. The topological polar surface area (TPSA) is 37.1 Å². The first kappa shape index (κ1) is 14.7. The molecule has 2 rings (SSSR count). The molecule has 1 aliphatic heterocycles. The van der Waals surface area contributed by atoms with Crippen molar-refractivity contribution in [1.29, 1.82) is 0 Å². The van der Waals surface area contributed by atoms with Crippen LogP contribution < -0.4 is 17.3 Å². The molecule has 0 bridgehead atoms. The van der Waals surface area contributed by atoms with Crippen molar-refractivity contribution in [1.82, 2.24) is 5.01 Å².